The topological polar surface area (TPSA) is 393 Å². The summed E-state index contributed by atoms with van der Waals surface area (Å²) in [6, 6.07) is 36.3. The molecule has 128 heavy (non-hydrogen) atoms. The van der Waals surface area contributed by atoms with Crippen LogP contribution in [0.15, 0.2) is 189 Å². The summed E-state index contributed by atoms with van der Waals surface area (Å²) in [5, 5.41) is 25.6. The number of rotatable bonds is 33. The van der Waals surface area contributed by atoms with Gasteiger partial charge in [-0.15, -0.1) is 35.3 Å². The van der Waals surface area contributed by atoms with Crippen molar-refractivity contribution in [1.82, 2.24) is 59.2 Å². The molecule has 0 aliphatic carbocycles. The highest BCUT2D eigenvalue weighted by Crippen LogP contribution is 2.43. The molecule has 0 fully saturated rings. The molecule has 6 heterocycles. The van der Waals surface area contributed by atoms with Crippen molar-refractivity contribution >= 4 is 77.2 Å². The number of H-pyrrole nitrogens is 3. The number of alkyl halides is 6. The number of pyridine rings is 3. The second-order valence-electron chi connectivity index (χ2n) is 25.2. The zero-order chi connectivity index (χ0) is 90.0. The predicted molar refractivity (Wildman–Crippen MR) is 477 cm³/mol. The average molecular weight is 1900 g/mol. The number of benzene rings is 6. The van der Waals surface area contributed by atoms with Crippen LogP contribution in [0.1, 0.15) is 99.4 Å². The van der Waals surface area contributed by atoms with Gasteiger partial charge in [0.25, 0.3) is 36.0 Å². The van der Waals surface area contributed by atoms with Crippen LogP contribution < -0.4 is 76.4 Å². The van der Waals surface area contributed by atoms with Gasteiger partial charge in [-0.2, -0.15) is 29.3 Å². The van der Waals surface area contributed by atoms with Gasteiger partial charge in [-0.1, -0.05) is 101 Å². The first kappa shape index (κ1) is 107. The normalized spacial score (nSPS) is 10.6. The van der Waals surface area contributed by atoms with E-state index in [4.69, 9.17) is 102 Å². The minimum atomic E-state index is -3.21. The Labute approximate surface area is 757 Å². The lowest BCUT2D eigenvalue weighted by Crippen LogP contribution is -2.34. The van der Waals surface area contributed by atoms with E-state index in [0.29, 0.717) is 77.1 Å². The number of thioether (sulfide) groups is 3. The molecule has 32 nitrogen and oxygen atoms in total. The fourth-order valence-electron chi connectivity index (χ4n) is 10.5. The molecule has 0 amide bonds. The lowest BCUT2D eigenvalue weighted by atomic mass is 9.99. The molecular weight excluding hydrogens is 1810 g/mol. The third kappa shape index (κ3) is 29.6. The number of aromatic nitrogens is 12. The highest BCUT2D eigenvalue weighted by Gasteiger charge is 2.25. The van der Waals surface area contributed by atoms with E-state index < -0.39 is 77.2 Å². The van der Waals surface area contributed by atoms with Crippen LogP contribution in [0.4, 0.5) is 26.3 Å². The van der Waals surface area contributed by atoms with Gasteiger partial charge in [-0.25, -0.2) is 55.7 Å². The Kier molecular flexibility index (Phi) is 42.7. The largest absolute Gasteiger partial charge is 0.497 e. The van der Waals surface area contributed by atoms with Gasteiger partial charge in [0.1, 0.15) is 23.0 Å². The summed E-state index contributed by atoms with van der Waals surface area (Å²) in [7, 11) is 8.17. The number of aromatic amines is 3. The summed E-state index contributed by atoms with van der Waals surface area (Å²) in [6.45, 7) is 6.45. The number of methoxy groups -OCH3 is 6. The number of halogens is 9. The van der Waals surface area contributed by atoms with Gasteiger partial charge in [-0.05, 0) is 134 Å². The summed E-state index contributed by atoms with van der Waals surface area (Å²) >= 11 is 23.7. The molecule has 6 aromatic carbocycles. The highest BCUT2D eigenvalue weighted by molar-refractivity contribution is 7.99. The van der Waals surface area contributed by atoms with Gasteiger partial charge >= 0.3 is 24.2 Å². The van der Waals surface area contributed by atoms with Crippen LogP contribution in [0.5, 0.6) is 69.4 Å². The van der Waals surface area contributed by atoms with Gasteiger partial charge in [0.15, 0.2) is 66.2 Å². The first-order chi connectivity index (χ1) is 59.3. The molecule has 0 aliphatic rings. The Morgan fingerprint density at radius 1 is 0.398 bits per heavy atom. The van der Waals surface area contributed by atoms with Crippen LogP contribution in [0.2, 0.25) is 21.9 Å². The van der Waals surface area contributed by atoms with Gasteiger partial charge < -0.3 is 66.9 Å². The molecule has 0 spiro atoms. The van der Waals surface area contributed by atoms with Crippen molar-refractivity contribution in [3.05, 3.63) is 274 Å². The molecule has 0 saturated heterocycles. The zero-order valence-corrected chi connectivity index (χ0v) is 71.5. The quantitative estimate of drug-likeness (QED) is 0.0110. The van der Waals surface area contributed by atoms with Crippen LogP contribution in [-0.4, -0.2) is 139 Å². The SMILES string of the molecule is C.C.C.C.CB(O)O.COCOc1cnc(Oc2c(C)cc(-n3nc(C(F)F)c(=O)[nH]c3=O)cc2C)cc1SCc1ccc(OC)cc1.COCOc1cnc(Oc2c(C)cc(-n3nc(C(F)F)c(=O)[nH]c3=O)cc2Cl)cc1SCc1ccc(OC)cc1.COCOc1cnc(Oc2c(Cl)cc(-n3nc(C(F)F)c(=O)[nH]c3=O)cc2Cl)cc1SCc1ccc(OC)cc1. The molecule has 5 N–H and O–H groups in total. The summed E-state index contributed by atoms with van der Waals surface area (Å²) in [4.78, 5) is 92.2. The number of hydrogen-bond donors (Lipinski definition) is 5. The molecule has 12 rings (SSSR count). The Morgan fingerprint density at radius 3 is 0.914 bits per heavy atom. The van der Waals surface area contributed by atoms with Crippen molar-refractivity contribution in [3.63, 3.8) is 0 Å². The molecule has 686 valence electrons. The maximum absolute atomic E-state index is 13.2. The lowest BCUT2D eigenvalue weighted by molar-refractivity contribution is 0.0486. The van der Waals surface area contributed by atoms with Gasteiger partial charge in [0, 0.05) is 56.8 Å². The first-order valence-electron chi connectivity index (χ1n) is 35.8. The van der Waals surface area contributed by atoms with Crippen LogP contribution in [0, 0.1) is 20.8 Å². The van der Waals surface area contributed by atoms with Gasteiger partial charge in [0.2, 0.25) is 17.6 Å². The van der Waals surface area contributed by atoms with E-state index in [1.807, 2.05) is 82.8 Å². The van der Waals surface area contributed by atoms with Gasteiger partial charge in [-0.3, -0.25) is 29.3 Å². The Hall–Kier alpha value is -11.8. The molecule has 0 unspecified atom stereocenters. The summed E-state index contributed by atoms with van der Waals surface area (Å²) in [5.41, 5.74) is -5.07. The van der Waals surface area contributed by atoms with E-state index in [1.54, 1.807) is 83.6 Å². The molecule has 6 aromatic heterocycles. The second kappa shape index (κ2) is 51.2. The minimum Gasteiger partial charge on any atom is -0.497 e. The number of nitrogens with zero attached hydrogens (tertiary/aromatic N) is 9. The second-order valence-corrected chi connectivity index (χ2v) is 29.5. The maximum atomic E-state index is 13.2. The van der Waals surface area contributed by atoms with E-state index in [0.717, 1.165) is 48.4 Å². The molecular formula is C83H90BCl3F6N12O20S3. The third-order valence-corrected chi connectivity index (χ3v) is 20.4. The van der Waals surface area contributed by atoms with E-state index in [1.165, 1.54) is 100 Å². The number of aryl methyl sites for hydroxylation is 3. The first-order valence-corrected chi connectivity index (χ1v) is 39.9. The molecule has 0 radical (unpaired) electrons. The van der Waals surface area contributed by atoms with E-state index in [-0.39, 0.29) is 105 Å². The molecule has 45 heteroatoms. The van der Waals surface area contributed by atoms with Gasteiger partial charge in [0.05, 0.1) is 86.7 Å². The fraction of sp³-hybridized carbons (Fsp3) is 0.277. The van der Waals surface area contributed by atoms with Crippen LogP contribution >= 0.6 is 70.1 Å². The number of hydrogen-bond acceptors (Lipinski definition) is 29. The molecule has 0 atom stereocenters. The van der Waals surface area contributed by atoms with E-state index in [2.05, 4.69) is 30.2 Å². The van der Waals surface area contributed by atoms with Crippen molar-refractivity contribution < 1.29 is 93.2 Å². The average Bonchev–Trinajstić information content (AvgIpc) is 0.795. The number of ether oxygens (including phenoxy) is 12. The molecule has 0 saturated carbocycles. The van der Waals surface area contributed by atoms with E-state index >= 15 is 0 Å². The van der Waals surface area contributed by atoms with Crippen molar-refractivity contribution in [2.24, 2.45) is 0 Å². The maximum Gasteiger partial charge on any atom is 0.448 e. The van der Waals surface area contributed by atoms with Crippen LogP contribution in [0.3, 0.4) is 0 Å². The molecule has 0 bridgehead atoms. The fourth-order valence-corrected chi connectivity index (χ4v) is 14.2. The minimum absolute atomic E-state index is 0. The van der Waals surface area contributed by atoms with Crippen molar-refractivity contribution in [2.45, 2.75) is 109 Å². The van der Waals surface area contributed by atoms with Crippen LogP contribution in [-0.2, 0) is 31.5 Å². The van der Waals surface area contributed by atoms with Crippen molar-refractivity contribution in [1.29, 1.82) is 0 Å². The third-order valence-electron chi connectivity index (χ3n) is 16.3. The van der Waals surface area contributed by atoms with Crippen LogP contribution in [0.25, 0.3) is 17.1 Å². The predicted octanol–water partition coefficient (Wildman–Crippen LogP) is 17.5. The summed E-state index contributed by atoms with van der Waals surface area (Å²) in [6.07, 6.45) is -5.02. The smallest absolute Gasteiger partial charge is 0.448 e. The Balaban J connectivity index is 0.000000328. The molecule has 12 aromatic rings. The Bertz CT molecular complexity index is 5420. The lowest BCUT2D eigenvalue weighted by Gasteiger charge is -2.16. The monoisotopic (exact) mass is 1900 g/mol. The zero-order valence-electron chi connectivity index (χ0n) is 66.8. The van der Waals surface area contributed by atoms with Crippen molar-refractivity contribution in [2.75, 3.05) is 63.0 Å². The molecule has 0 aliphatic heterocycles. The summed E-state index contributed by atoms with van der Waals surface area (Å²) < 4.78 is 146. The standard InChI is InChI=1S/C27H26F2N4O6S.C26H23ClF2N4O6S.C25H20Cl2F2N4O6S.CH5BO2.4CH4/c1-15-9-18(33-27(35)31-26(34)23(32-33)25(28)29)10-16(2)24(15)39-22-11-21(20(12-30-22)38-14-36-3)40-13-17-5-7-19(37-4)8-6-17;1-14-8-16(33-26(35)31-25(34)22(32-33)24(28)29)9-18(27)23(14)39-21-10-20(19(11-30-21)38-13-36-2)40-12-15-4-6-17(37-3)7-5-15;1-36-12-38-18-10-30-20(9-19(18)40-11-13-3-5-15(37-2)6-4-13)39-22-16(26)7-14(8-17(22)27)33-25(35)31-24(34)21(32-33)23(28)29;1-2(3)4;;;;/h5-12,25H,13-14H2,1-4H3,(H,31,34,35);4-11,24H,12-13H2,1-3H3,(H,31,34,35);3-10,23H,11-12H2,1-2H3,(H,31,34,35);3-4H,1H3;4*1H4. The highest BCUT2D eigenvalue weighted by atomic mass is 35.5. The van der Waals surface area contributed by atoms with Crippen molar-refractivity contribution in [3.8, 4) is 86.4 Å². The van der Waals surface area contributed by atoms with E-state index in [9.17, 15) is 55.1 Å². The summed E-state index contributed by atoms with van der Waals surface area (Å²) in [5.74, 6) is 6.88. The Morgan fingerprint density at radius 2 is 0.648 bits per heavy atom. The number of nitrogens with one attached hydrogen (secondary N) is 3.